The van der Waals surface area contributed by atoms with Gasteiger partial charge in [0.2, 0.25) is 0 Å². The van der Waals surface area contributed by atoms with E-state index >= 15 is 0 Å². The third kappa shape index (κ3) is 5.76. The molecule has 0 aliphatic rings. The number of halogens is 2. The van der Waals surface area contributed by atoms with Crippen molar-refractivity contribution in [3.63, 3.8) is 0 Å². The first-order valence-corrected chi connectivity index (χ1v) is 8.95. The van der Waals surface area contributed by atoms with E-state index in [1.807, 2.05) is 37.3 Å². The minimum atomic E-state index is -1.33. The van der Waals surface area contributed by atoms with Crippen molar-refractivity contribution in [1.82, 2.24) is 9.78 Å². The lowest BCUT2D eigenvalue weighted by Crippen LogP contribution is -2.26. The smallest absolute Gasteiger partial charge is 0.412 e. The number of nitrogens with zero attached hydrogens (tertiary/aromatic N) is 2. The number of anilines is 1. The Labute approximate surface area is 161 Å². The molecule has 1 heterocycles. The lowest BCUT2D eigenvalue weighted by atomic mass is 9.92. The van der Waals surface area contributed by atoms with E-state index in [1.54, 1.807) is 4.68 Å². The van der Waals surface area contributed by atoms with Crippen LogP contribution in [-0.4, -0.2) is 36.7 Å². The Morgan fingerprint density at radius 3 is 2.40 bits per heavy atom. The first-order valence-electron chi connectivity index (χ1n) is 7.70. The van der Waals surface area contributed by atoms with Gasteiger partial charge in [0.25, 0.3) is 0 Å². The number of carbonyl (C=O) groups is 1. The molecule has 133 valence electrons. The van der Waals surface area contributed by atoms with Gasteiger partial charge in [-0.3, -0.25) is 5.32 Å². The number of amides is 1. The SMILES string of the molecule is Cc1ccc(-n2nc(C(C)(C)C)cc2NC(=O)OCC([Si])(Cl)Cl)cc1. The molecule has 0 unspecified atom stereocenters. The third-order valence-corrected chi connectivity index (χ3v) is 3.73. The predicted molar refractivity (Wildman–Crippen MR) is 102 cm³/mol. The monoisotopic (exact) mass is 396 g/mol. The van der Waals surface area contributed by atoms with Crippen molar-refractivity contribution >= 4 is 45.4 Å². The summed E-state index contributed by atoms with van der Waals surface area (Å²) in [5.41, 5.74) is 2.64. The van der Waals surface area contributed by atoms with Gasteiger partial charge in [0.1, 0.15) is 16.4 Å². The summed E-state index contributed by atoms with van der Waals surface area (Å²) in [6.07, 6.45) is -0.669. The van der Waals surface area contributed by atoms with Crippen LogP contribution in [0.3, 0.4) is 0 Å². The van der Waals surface area contributed by atoms with Gasteiger partial charge in [-0.05, 0) is 19.1 Å². The topological polar surface area (TPSA) is 56.2 Å². The number of aryl methyl sites for hydroxylation is 1. The lowest BCUT2D eigenvalue weighted by molar-refractivity contribution is 0.163. The summed E-state index contributed by atoms with van der Waals surface area (Å²) in [5.74, 6) is 0.502. The average molecular weight is 397 g/mol. The Balaban J connectivity index is 2.30. The highest BCUT2D eigenvalue weighted by atomic mass is 35.5. The molecule has 0 aliphatic heterocycles. The lowest BCUT2D eigenvalue weighted by Gasteiger charge is -2.14. The van der Waals surface area contributed by atoms with Crippen LogP contribution in [0, 0.1) is 6.92 Å². The predicted octanol–water partition coefficient (Wildman–Crippen LogP) is 4.33. The quantitative estimate of drug-likeness (QED) is 0.617. The molecule has 8 heteroatoms. The highest BCUT2D eigenvalue weighted by molar-refractivity contribution is 6.65. The molecule has 25 heavy (non-hydrogen) atoms. The van der Waals surface area contributed by atoms with Gasteiger partial charge in [0.05, 0.1) is 21.6 Å². The highest BCUT2D eigenvalue weighted by Crippen LogP contribution is 2.26. The fourth-order valence-corrected chi connectivity index (χ4v) is 2.20. The fraction of sp³-hybridized carbons (Fsp3) is 0.412. The number of hydrogen-bond acceptors (Lipinski definition) is 3. The number of rotatable bonds is 4. The Bertz CT molecular complexity index is 747. The van der Waals surface area contributed by atoms with Crippen molar-refractivity contribution in [3.05, 3.63) is 41.6 Å². The molecular weight excluding hydrogens is 377 g/mol. The van der Waals surface area contributed by atoms with E-state index in [-0.39, 0.29) is 12.0 Å². The summed E-state index contributed by atoms with van der Waals surface area (Å²) in [4.78, 5) is 12.0. The first kappa shape index (κ1) is 19.8. The zero-order valence-electron chi connectivity index (χ0n) is 14.6. The van der Waals surface area contributed by atoms with Gasteiger partial charge in [0, 0.05) is 11.5 Å². The van der Waals surface area contributed by atoms with E-state index in [2.05, 4.69) is 41.4 Å². The van der Waals surface area contributed by atoms with Crippen LogP contribution in [0.2, 0.25) is 0 Å². The van der Waals surface area contributed by atoms with Crippen LogP contribution < -0.4 is 5.32 Å². The van der Waals surface area contributed by atoms with Crippen LogP contribution in [0.4, 0.5) is 10.6 Å². The molecule has 0 spiro atoms. The normalized spacial score (nSPS) is 12.1. The van der Waals surface area contributed by atoms with Crippen molar-refractivity contribution < 1.29 is 9.53 Å². The van der Waals surface area contributed by atoms with E-state index in [4.69, 9.17) is 27.9 Å². The molecule has 1 N–H and O–H groups in total. The number of alkyl halides is 2. The van der Waals surface area contributed by atoms with E-state index in [9.17, 15) is 4.79 Å². The number of hydrogen-bond donors (Lipinski definition) is 1. The minimum absolute atomic E-state index is 0.173. The maximum atomic E-state index is 12.0. The van der Waals surface area contributed by atoms with Crippen LogP contribution in [-0.2, 0) is 10.2 Å². The molecule has 0 atom stereocenters. The van der Waals surface area contributed by atoms with Crippen molar-refractivity contribution in [2.45, 2.75) is 37.1 Å². The van der Waals surface area contributed by atoms with Crippen molar-refractivity contribution in [3.8, 4) is 5.69 Å². The van der Waals surface area contributed by atoms with Gasteiger partial charge in [-0.1, -0.05) is 38.5 Å². The second-order valence-corrected chi connectivity index (χ2v) is 9.79. The molecule has 1 aromatic carbocycles. The Morgan fingerprint density at radius 1 is 1.28 bits per heavy atom. The summed E-state index contributed by atoms with van der Waals surface area (Å²) in [7, 11) is 3.04. The fourth-order valence-electron chi connectivity index (χ4n) is 2.02. The van der Waals surface area contributed by atoms with Crippen molar-refractivity contribution in [1.29, 1.82) is 0 Å². The third-order valence-electron chi connectivity index (χ3n) is 3.37. The maximum absolute atomic E-state index is 12.0. The first-order chi connectivity index (χ1) is 11.5. The number of benzene rings is 1. The van der Waals surface area contributed by atoms with E-state index in [1.165, 1.54) is 0 Å². The average Bonchev–Trinajstić information content (AvgIpc) is 2.89. The van der Waals surface area contributed by atoms with Gasteiger partial charge in [-0.25, -0.2) is 9.48 Å². The molecule has 2 rings (SSSR count). The zero-order chi connectivity index (χ0) is 18.8. The van der Waals surface area contributed by atoms with Gasteiger partial charge >= 0.3 is 6.09 Å². The Morgan fingerprint density at radius 2 is 1.88 bits per heavy atom. The van der Waals surface area contributed by atoms with Crippen LogP contribution >= 0.6 is 23.2 Å². The summed E-state index contributed by atoms with van der Waals surface area (Å²) >= 11 is 11.5. The molecule has 0 fully saturated rings. The standard InChI is InChI=1S/C17H20Cl2N3O2Si/c1-11-5-7-12(8-6-11)22-14(9-13(21-22)16(2,3)4)20-15(23)24-10-17(18,19)25/h5-9H,10H2,1-4H3,(H,20,23). The summed E-state index contributed by atoms with van der Waals surface area (Å²) in [6.45, 7) is 7.96. The number of aromatic nitrogens is 2. The number of ether oxygens (including phenoxy) is 1. The van der Waals surface area contributed by atoms with Gasteiger partial charge < -0.3 is 4.74 Å². The molecule has 0 saturated heterocycles. The molecule has 0 saturated carbocycles. The van der Waals surface area contributed by atoms with Crippen LogP contribution in [0.5, 0.6) is 0 Å². The summed E-state index contributed by atoms with van der Waals surface area (Å²) in [5, 5.41) is 7.32. The summed E-state index contributed by atoms with van der Waals surface area (Å²) in [6, 6.07) is 9.66. The second-order valence-electron chi connectivity index (χ2n) is 6.82. The maximum Gasteiger partial charge on any atom is 0.412 e. The van der Waals surface area contributed by atoms with Crippen molar-refractivity contribution in [2.24, 2.45) is 0 Å². The molecule has 1 amide bonds. The molecule has 0 bridgehead atoms. The molecule has 5 nitrogen and oxygen atoms in total. The van der Waals surface area contributed by atoms with Crippen molar-refractivity contribution in [2.75, 3.05) is 11.9 Å². The van der Waals surface area contributed by atoms with Crippen LogP contribution in [0.1, 0.15) is 32.0 Å². The van der Waals surface area contributed by atoms with Gasteiger partial charge in [-0.2, -0.15) is 5.10 Å². The van der Waals surface area contributed by atoms with Gasteiger partial charge in [0.15, 0.2) is 0 Å². The van der Waals surface area contributed by atoms with E-state index < -0.39 is 10.0 Å². The molecule has 3 radical (unpaired) electrons. The molecule has 0 aliphatic carbocycles. The largest absolute Gasteiger partial charge is 0.446 e. The number of carbonyl (C=O) groups excluding carboxylic acids is 1. The molecule has 2 aromatic rings. The second kappa shape index (κ2) is 7.39. The van der Waals surface area contributed by atoms with Crippen LogP contribution in [0.15, 0.2) is 30.3 Å². The Hall–Kier alpha value is -1.50. The molecular formula is C17H20Cl2N3O2Si. The van der Waals surface area contributed by atoms with Gasteiger partial charge in [-0.15, -0.1) is 23.2 Å². The molecule has 1 aromatic heterocycles. The zero-order valence-corrected chi connectivity index (χ0v) is 17.1. The number of nitrogens with one attached hydrogen (secondary N) is 1. The highest BCUT2D eigenvalue weighted by Gasteiger charge is 2.23. The summed E-state index contributed by atoms with van der Waals surface area (Å²) < 4.78 is 5.35. The Kier molecular flexibility index (Phi) is 5.86. The minimum Gasteiger partial charge on any atom is -0.446 e. The van der Waals surface area contributed by atoms with E-state index in [0.717, 1.165) is 16.9 Å². The van der Waals surface area contributed by atoms with E-state index in [0.29, 0.717) is 5.82 Å². The van der Waals surface area contributed by atoms with Crippen LogP contribution in [0.25, 0.3) is 5.69 Å².